The summed E-state index contributed by atoms with van der Waals surface area (Å²) >= 11 is 0. The Morgan fingerprint density at radius 2 is 2.10 bits per heavy atom. The van der Waals surface area contributed by atoms with Crippen molar-refractivity contribution in [2.45, 2.75) is 19.5 Å². The van der Waals surface area contributed by atoms with Gasteiger partial charge in [0.2, 0.25) is 0 Å². The minimum atomic E-state index is -0.143. The second-order valence-corrected chi connectivity index (χ2v) is 4.89. The van der Waals surface area contributed by atoms with E-state index < -0.39 is 0 Å². The zero-order chi connectivity index (χ0) is 14.7. The number of aromatic amines is 1. The number of hydrogen-bond acceptors (Lipinski definition) is 4. The molecule has 0 fully saturated rings. The third-order valence-electron chi connectivity index (χ3n) is 3.36. The van der Waals surface area contributed by atoms with Gasteiger partial charge in [0.25, 0.3) is 5.56 Å². The summed E-state index contributed by atoms with van der Waals surface area (Å²) in [5.41, 5.74) is 2.12. The first-order valence-electron chi connectivity index (χ1n) is 6.90. The van der Waals surface area contributed by atoms with Crippen LogP contribution in [-0.4, -0.2) is 26.6 Å². The Balaban J connectivity index is 1.88. The lowest BCUT2D eigenvalue weighted by Crippen LogP contribution is -2.18. The Hall–Kier alpha value is -2.47. The van der Waals surface area contributed by atoms with Gasteiger partial charge in [-0.3, -0.25) is 4.79 Å². The van der Waals surface area contributed by atoms with Crippen LogP contribution in [0.1, 0.15) is 11.4 Å². The van der Waals surface area contributed by atoms with Gasteiger partial charge in [-0.05, 0) is 19.0 Å². The minimum Gasteiger partial charge on any atom is -0.324 e. The molecule has 0 unspecified atom stereocenters. The Morgan fingerprint density at radius 3 is 2.86 bits per heavy atom. The molecule has 0 amide bonds. The smallest absolute Gasteiger partial charge is 0.277 e. The maximum absolute atomic E-state index is 12.2. The van der Waals surface area contributed by atoms with Crippen LogP contribution >= 0.6 is 0 Å². The minimum absolute atomic E-state index is 0.143. The van der Waals surface area contributed by atoms with Crippen LogP contribution < -0.4 is 10.9 Å². The number of hydrogen-bond donors (Lipinski definition) is 2. The Morgan fingerprint density at radius 1 is 1.29 bits per heavy atom. The van der Waals surface area contributed by atoms with E-state index in [1.165, 1.54) is 5.56 Å². The fourth-order valence-corrected chi connectivity index (χ4v) is 2.35. The molecule has 0 aliphatic rings. The molecule has 0 atom stereocenters. The molecule has 21 heavy (non-hydrogen) atoms. The predicted molar refractivity (Wildman–Crippen MR) is 81.1 cm³/mol. The lowest BCUT2D eigenvalue weighted by molar-refractivity contribution is 0.710. The van der Waals surface area contributed by atoms with E-state index in [-0.39, 0.29) is 5.56 Å². The van der Waals surface area contributed by atoms with Crippen LogP contribution in [0.2, 0.25) is 0 Å². The first-order chi connectivity index (χ1) is 10.3. The SMILES string of the molecule is CNCc1nc2ncn(CCc3ccccc3)c2c(=O)[nH]1. The van der Waals surface area contributed by atoms with Crippen LogP contribution in [0.3, 0.4) is 0 Å². The van der Waals surface area contributed by atoms with E-state index in [1.807, 2.05) is 29.8 Å². The molecular formula is C15H17N5O. The number of rotatable bonds is 5. The lowest BCUT2D eigenvalue weighted by Gasteiger charge is -2.04. The summed E-state index contributed by atoms with van der Waals surface area (Å²) in [5.74, 6) is 0.600. The van der Waals surface area contributed by atoms with Gasteiger partial charge < -0.3 is 14.9 Å². The van der Waals surface area contributed by atoms with Gasteiger partial charge in [0.15, 0.2) is 11.2 Å². The topological polar surface area (TPSA) is 75.6 Å². The van der Waals surface area contributed by atoms with E-state index in [2.05, 4.69) is 32.4 Å². The number of benzene rings is 1. The van der Waals surface area contributed by atoms with Gasteiger partial charge in [-0.15, -0.1) is 0 Å². The average Bonchev–Trinajstić information content (AvgIpc) is 2.90. The van der Waals surface area contributed by atoms with Crippen molar-refractivity contribution in [3.05, 3.63) is 58.4 Å². The molecule has 2 N–H and O–H groups in total. The number of nitrogens with one attached hydrogen (secondary N) is 2. The van der Waals surface area contributed by atoms with Gasteiger partial charge in [0.05, 0.1) is 12.9 Å². The van der Waals surface area contributed by atoms with E-state index in [0.717, 1.165) is 6.42 Å². The van der Waals surface area contributed by atoms with E-state index in [9.17, 15) is 4.79 Å². The van der Waals surface area contributed by atoms with Gasteiger partial charge >= 0.3 is 0 Å². The van der Waals surface area contributed by atoms with Crippen LogP contribution in [0.25, 0.3) is 11.2 Å². The van der Waals surface area contributed by atoms with Crippen LogP contribution in [0.5, 0.6) is 0 Å². The number of aryl methyl sites for hydroxylation is 2. The third kappa shape index (κ3) is 2.85. The Labute approximate surface area is 121 Å². The molecule has 1 aromatic carbocycles. The summed E-state index contributed by atoms with van der Waals surface area (Å²) < 4.78 is 1.86. The molecule has 6 heteroatoms. The molecule has 3 rings (SSSR count). The first-order valence-corrected chi connectivity index (χ1v) is 6.90. The van der Waals surface area contributed by atoms with Crippen molar-refractivity contribution in [2.24, 2.45) is 0 Å². The molecule has 2 heterocycles. The second-order valence-electron chi connectivity index (χ2n) is 4.89. The molecule has 0 spiro atoms. The lowest BCUT2D eigenvalue weighted by atomic mass is 10.1. The van der Waals surface area contributed by atoms with Crippen molar-refractivity contribution < 1.29 is 0 Å². The summed E-state index contributed by atoms with van der Waals surface area (Å²) in [7, 11) is 1.81. The molecule has 0 saturated carbocycles. The number of imidazole rings is 1. The summed E-state index contributed by atoms with van der Waals surface area (Å²) in [6.07, 6.45) is 2.53. The first kappa shape index (κ1) is 13.5. The molecule has 0 bridgehead atoms. The fourth-order valence-electron chi connectivity index (χ4n) is 2.35. The zero-order valence-corrected chi connectivity index (χ0v) is 11.8. The zero-order valence-electron chi connectivity index (χ0n) is 11.8. The van der Waals surface area contributed by atoms with Crippen molar-refractivity contribution >= 4 is 11.2 Å². The molecule has 108 valence electrons. The summed E-state index contributed by atoms with van der Waals surface area (Å²) in [5, 5.41) is 2.96. The molecular weight excluding hydrogens is 266 g/mol. The van der Waals surface area contributed by atoms with E-state index in [1.54, 1.807) is 6.33 Å². The predicted octanol–water partition coefficient (Wildman–Crippen LogP) is 1.08. The average molecular weight is 283 g/mol. The van der Waals surface area contributed by atoms with Crippen molar-refractivity contribution in [1.82, 2.24) is 24.8 Å². The molecule has 3 aromatic rings. The highest BCUT2D eigenvalue weighted by molar-refractivity contribution is 5.69. The Kier molecular flexibility index (Phi) is 3.79. The van der Waals surface area contributed by atoms with Gasteiger partial charge in [-0.2, -0.15) is 0 Å². The Bertz CT molecular complexity index is 791. The maximum Gasteiger partial charge on any atom is 0.277 e. The normalized spacial score (nSPS) is 11.1. The van der Waals surface area contributed by atoms with Crippen LogP contribution in [-0.2, 0) is 19.5 Å². The number of nitrogens with zero attached hydrogens (tertiary/aromatic N) is 3. The summed E-state index contributed by atoms with van der Waals surface area (Å²) in [6, 6.07) is 10.2. The molecule has 2 aromatic heterocycles. The molecule has 0 radical (unpaired) electrons. The number of H-pyrrole nitrogens is 1. The standard InChI is InChI=1S/C15H17N5O/c1-16-9-12-18-14-13(15(21)19-12)20(10-17-14)8-7-11-5-3-2-4-6-11/h2-6,10,16H,7-9H2,1H3,(H,18,19,21). The van der Waals surface area contributed by atoms with E-state index >= 15 is 0 Å². The summed E-state index contributed by atoms with van der Waals surface area (Å²) in [4.78, 5) is 23.6. The van der Waals surface area contributed by atoms with Crippen LogP contribution in [0.4, 0.5) is 0 Å². The second kappa shape index (κ2) is 5.88. The van der Waals surface area contributed by atoms with E-state index in [0.29, 0.717) is 30.1 Å². The number of fused-ring (bicyclic) bond motifs is 1. The maximum atomic E-state index is 12.2. The molecule has 0 aliphatic heterocycles. The van der Waals surface area contributed by atoms with Crippen molar-refractivity contribution in [2.75, 3.05) is 7.05 Å². The largest absolute Gasteiger partial charge is 0.324 e. The highest BCUT2D eigenvalue weighted by Gasteiger charge is 2.10. The third-order valence-corrected chi connectivity index (χ3v) is 3.36. The van der Waals surface area contributed by atoms with Gasteiger partial charge in [-0.25, -0.2) is 9.97 Å². The van der Waals surface area contributed by atoms with E-state index in [4.69, 9.17) is 0 Å². The number of aromatic nitrogens is 4. The van der Waals surface area contributed by atoms with Crippen molar-refractivity contribution in [1.29, 1.82) is 0 Å². The molecule has 6 nitrogen and oxygen atoms in total. The highest BCUT2D eigenvalue weighted by Crippen LogP contribution is 2.08. The van der Waals surface area contributed by atoms with Crippen LogP contribution in [0.15, 0.2) is 41.5 Å². The van der Waals surface area contributed by atoms with Crippen LogP contribution in [0, 0.1) is 0 Å². The van der Waals surface area contributed by atoms with Gasteiger partial charge in [0.1, 0.15) is 5.82 Å². The van der Waals surface area contributed by atoms with Gasteiger partial charge in [0, 0.05) is 6.54 Å². The van der Waals surface area contributed by atoms with Gasteiger partial charge in [-0.1, -0.05) is 30.3 Å². The quantitative estimate of drug-likeness (QED) is 0.735. The fraction of sp³-hybridized carbons (Fsp3) is 0.267. The molecule has 0 aliphatic carbocycles. The summed E-state index contributed by atoms with van der Waals surface area (Å²) in [6.45, 7) is 1.22. The van der Waals surface area contributed by atoms with Crippen molar-refractivity contribution in [3.8, 4) is 0 Å². The monoisotopic (exact) mass is 283 g/mol. The van der Waals surface area contributed by atoms with Crippen molar-refractivity contribution in [3.63, 3.8) is 0 Å². The molecule has 0 saturated heterocycles. The highest BCUT2D eigenvalue weighted by atomic mass is 16.1.